The number of likely N-dealkylation sites (tertiary alicyclic amines) is 1. The second-order valence-corrected chi connectivity index (χ2v) is 8.66. The average molecular weight is 465 g/mol. The molecule has 0 aliphatic carbocycles. The summed E-state index contributed by atoms with van der Waals surface area (Å²) in [6.07, 6.45) is 1.61. The van der Waals surface area contributed by atoms with Gasteiger partial charge < -0.3 is 19.6 Å². The molecule has 0 unspecified atom stereocenters. The molecular weight excluding hydrogens is 428 g/mol. The van der Waals surface area contributed by atoms with Crippen molar-refractivity contribution in [3.63, 3.8) is 0 Å². The summed E-state index contributed by atoms with van der Waals surface area (Å²) in [5.41, 5.74) is 2.45. The third-order valence-corrected chi connectivity index (χ3v) is 6.28. The number of carbonyl (C=O) groups excluding carboxylic acids is 2. The van der Waals surface area contributed by atoms with Crippen molar-refractivity contribution >= 4 is 17.4 Å². The summed E-state index contributed by atoms with van der Waals surface area (Å²) in [6.45, 7) is 11.9. The molecule has 182 valence electrons. The molecule has 0 saturated carbocycles. The molecule has 0 spiro atoms. The zero-order chi connectivity index (χ0) is 24.7. The van der Waals surface area contributed by atoms with Gasteiger partial charge in [-0.25, -0.2) is 0 Å². The maximum Gasteiger partial charge on any atom is 0.295 e. The number of carbonyl (C=O) groups is 2. The number of aliphatic hydroxyl groups excluding tert-OH is 1. The highest BCUT2D eigenvalue weighted by Crippen LogP contribution is 2.40. The van der Waals surface area contributed by atoms with E-state index in [0.717, 1.165) is 43.6 Å². The van der Waals surface area contributed by atoms with Crippen LogP contribution in [0, 0.1) is 6.92 Å². The number of aliphatic hydroxyl groups is 1. The van der Waals surface area contributed by atoms with E-state index in [9.17, 15) is 14.7 Å². The van der Waals surface area contributed by atoms with Crippen molar-refractivity contribution in [1.29, 1.82) is 0 Å². The lowest BCUT2D eigenvalue weighted by atomic mass is 9.95. The van der Waals surface area contributed by atoms with Gasteiger partial charge >= 0.3 is 0 Å². The highest BCUT2D eigenvalue weighted by Gasteiger charge is 2.45. The first-order valence-corrected chi connectivity index (χ1v) is 12.2. The van der Waals surface area contributed by atoms with E-state index < -0.39 is 17.7 Å². The highest BCUT2D eigenvalue weighted by atomic mass is 16.5. The van der Waals surface area contributed by atoms with Crippen LogP contribution >= 0.6 is 0 Å². The molecular formula is C28H36N2O4. The summed E-state index contributed by atoms with van der Waals surface area (Å²) in [7, 11) is 0. The van der Waals surface area contributed by atoms with E-state index >= 15 is 0 Å². The van der Waals surface area contributed by atoms with Gasteiger partial charge in [0.1, 0.15) is 11.5 Å². The SMILES string of the molecule is CCCOc1cccc([C@H]2/C(=C(\O)c3ccc(C)cc3)C(=O)C(=O)N2CCCN(CC)CC)c1. The quantitative estimate of drug-likeness (QED) is 0.290. The predicted molar refractivity (Wildman–Crippen MR) is 135 cm³/mol. The molecule has 1 N–H and O–H groups in total. The van der Waals surface area contributed by atoms with Crippen molar-refractivity contribution in [3.05, 3.63) is 70.8 Å². The van der Waals surface area contributed by atoms with Gasteiger partial charge in [0.05, 0.1) is 18.2 Å². The number of benzene rings is 2. The van der Waals surface area contributed by atoms with Crippen molar-refractivity contribution in [1.82, 2.24) is 9.80 Å². The summed E-state index contributed by atoms with van der Waals surface area (Å²) in [5.74, 6) is -0.679. The van der Waals surface area contributed by atoms with Gasteiger partial charge in [0.2, 0.25) is 0 Å². The Hall–Kier alpha value is -3.12. The lowest BCUT2D eigenvalue weighted by molar-refractivity contribution is -0.140. The first-order valence-electron chi connectivity index (χ1n) is 12.2. The van der Waals surface area contributed by atoms with Gasteiger partial charge in [-0.1, -0.05) is 62.7 Å². The summed E-state index contributed by atoms with van der Waals surface area (Å²) in [6, 6.07) is 14.1. The number of aryl methyl sites for hydroxylation is 1. The monoisotopic (exact) mass is 464 g/mol. The Balaban J connectivity index is 2.03. The van der Waals surface area contributed by atoms with Crippen molar-refractivity contribution in [3.8, 4) is 5.75 Å². The van der Waals surface area contributed by atoms with Crippen LogP contribution in [0.5, 0.6) is 5.75 Å². The number of ketones is 1. The Labute approximate surface area is 202 Å². The molecule has 2 aromatic carbocycles. The Kier molecular flexibility index (Phi) is 8.88. The average Bonchev–Trinajstić information content (AvgIpc) is 3.10. The topological polar surface area (TPSA) is 70.1 Å². The Morgan fingerprint density at radius 2 is 1.76 bits per heavy atom. The molecule has 6 heteroatoms. The Bertz CT molecular complexity index is 1020. The van der Waals surface area contributed by atoms with E-state index in [1.807, 2.05) is 50.2 Å². The minimum atomic E-state index is -0.664. The molecule has 1 heterocycles. The van der Waals surface area contributed by atoms with Gasteiger partial charge in [0.25, 0.3) is 11.7 Å². The second kappa shape index (κ2) is 11.8. The number of rotatable bonds is 11. The number of hydrogen-bond donors (Lipinski definition) is 1. The van der Waals surface area contributed by atoms with Gasteiger partial charge in [0.15, 0.2) is 0 Å². The standard InChI is InChI=1S/C28H36N2O4/c1-5-18-34-23-11-8-10-22(19-23)25-24(26(31)21-14-12-20(4)13-15-21)27(32)28(33)30(25)17-9-16-29(6-2)7-3/h8,10-15,19,25,31H,5-7,9,16-18H2,1-4H3/b26-24+/t25-/m0/s1. The Morgan fingerprint density at radius 3 is 2.41 bits per heavy atom. The van der Waals surface area contributed by atoms with Crippen LogP contribution in [-0.4, -0.2) is 59.4 Å². The molecule has 0 bridgehead atoms. The van der Waals surface area contributed by atoms with Crippen LogP contribution < -0.4 is 4.74 Å². The maximum absolute atomic E-state index is 13.2. The molecule has 2 aromatic rings. The van der Waals surface area contributed by atoms with E-state index in [1.54, 1.807) is 17.0 Å². The van der Waals surface area contributed by atoms with Gasteiger partial charge in [-0.3, -0.25) is 9.59 Å². The fraction of sp³-hybridized carbons (Fsp3) is 0.429. The van der Waals surface area contributed by atoms with Crippen LogP contribution in [0.1, 0.15) is 56.3 Å². The highest BCUT2D eigenvalue weighted by molar-refractivity contribution is 6.46. The van der Waals surface area contributed by atoms with E-state index in [2.05, 4.69) is 18.7 Å². The summed E-state index contributed by atoms with van der Waals surface area (Å²) >= 11 is 0. The molecule has 1 amide bonds. The van der Waals surface area contributed by atoms with E-state index in [4.69, 9.17) is 4.74 Å². The number of amides is 1. The predicted octanol–water partition coefficient (Wildman–Crippen LogP) is 4.94. The van der Waals surface area contributed by atoms with Crippen molar-refractivity contribution in [2.45, 2.75) is 46.6 Å². The number of hydrogen-bond acceptors (Lipinski definition) is 5. The molecule has 6 nitrogen and oxygen atoms in total. The van der Waals surface area contributed by atoms with Crippen LogP contribution in [0.3, 0.4) is 0 Å². The molecule has 1 aliphatic rings. The van der Waals surface area contributed by atoms with E-state index in [1.165, 1.54) is 0 Å². The van der Waals surface area contributed by atoms with Crippen LogP contribution in [0.25, 0.3) is 5.76 Å². The normalized spacial score (nSPS) is 17.6. The van der Waals surface area contributed by atoms with Crippen molar-refractivity contribution in [2.24, 2.45) is 0 Å². The van der Waals surface area contributed by atoms with Crippen LogP contribution in [-0.2, 0) is 9.59 Å². The molecule has 0 aromatic heterocycles. The number of nitrogens with zero attached hydrogens (tertiary/aromatic N) is 2. The number of Topliss-reactive ketones (excluding diaryl/α,β-unsaturated/α-hetero) is 1. The van der Waals surface area contributed by atoms with Crippen LogP contribution in [0.15, 0.2) is 54.1 Å². The maximum atomic E-state index is 13.2. The molecule has 1 aliphatic heterocycles. The molecule has 1 atom stereocenters. The van der Waals surface area contributed by atoms with E-state index in [-0.39, 0.29) is 11.3 Å². The van der Waals surface area contributed by atoms with Crippen LogP contribution in [0.4, 0.5) is 0 Å². The molecule has 0 radical (unpaired) electrons. The molecule has 34 heavy (non-hydrogen) atoms. The summed E-state index contributed by atoms with van der Waals surface area (Å²) in [4.78, 5) is 30.2. The van der Waals surface area contributed by atoms with Gasteiger partial charge in [0, 0.05) is 12.1 Å². The molecule has 1 fully saturated rings. The van der Waals surface area contributed by atoms with Gasteiger partial charge in [-0.15, -0.1) is 0 Å². The smallest absolute Gasteiger partial charge is 0.295 e. The second-order valence-electron chi connectivity index (χ2n) is 8.66. The first kappa shape index (κ1) is 25.5. The fourth-order valence-electron chi connectivity index (χ4n) is 4.32. The third-order valence-electron chi connectivity index (χ3n) is 6.28. The van der Waals surface area contributed by atoms with Gasteiger partial charge in [-0.2, -0.15) is 0 Å². The van der Waals surface area contributed by atoms with Crippen molar-refractivity contribution < 1.29 is 19.4 Å². The van der Waals surface area contributed by atoms with E-state index in [0.29, 0.717) is 24.5 Å². The molecule has 3 rings (SSSR count). The van der Waals surface area contributed by atoms with Crippen LogP contribution in [0.2, 0.25) is 0 Å². The zero-order valence-electron chi connectivity index (χ0n) is 20.7. The van der Waals surface area contributed by atoms with Gasteiger partial charge in [-0.05, 0) is 57.1 Å². The minimum Gasteiger partial charge on any atom is -0.507 e. The minimum absolute atomic E-state index is 0.129. The molecule has 1 saturated heterocycles. The number of ether oxygens (including phenoxy) is 1. The van der Waals surface area contributed by atoms with Crippen molar-refractivity contribution in [2.75, 3.05) is 32.8 Å². The lowest BCUT2D eigenvalue weighted by Gasteiger charge is -2.27. The summed E-state index contributed by atoms with van der Waals surface area (Å²) < 4.78 is 5.81. The summed E-state index contributed by atoms with van der Waals surface area (Å²) in [5, 5.41) is 11.2. The largest absolute Gasteiger partial charge is 0.507 e. The Morgan fingerprint density at radius 1 is 1.06 bits per heavy atom. The fourth-order valence-corrected chi connectivity index (χ4v) is 4.32. The zero-order valence-corrected chi connectivity index (χ0v) is 20.7. The lowest BCUT2D eigenvalue weighted by Crippen LogP contribution is -2.33. The third kappa shape index (κ3) is 5.68. The first-order chi connectivity index (χ1) is 16.4.